The molecule has 1 aromatic carbocycles. The molecule has 0 aliphatic carbocycles. The molecule has 3 nitrogen and oxygen atoms in total. The lowest BCUT2D eigenvalue weighted by atomic mass is 10.1. The van der Waals surface area contributed by atoms with Gasteiger partial charge in [0, 0.05) is 31.0 Å². The first-order valence-corrected chi connectivity index (χ1v) is 6.16. The normalized spacial score (nSPS) is 10.2. The summed E-state index contributed by atoms with van der Waals surface area (Å²) in [7, 11) is 0. The molecule has 1 aromatic rings. The molecule has 0 bridgehead atoms. The topological polar surface area (TPSA) is 38.3 Å². The van der Waals surface area contributed by atoms with E-state index < -0.39 is 0 Å². The summed E-state index contributed by atoms with van der Waals surface area (Å²) in [5.41, 5.74) is 1.80. The van der Waals surface area contributed by atoms with Gasteiger partial charge in [-0.3, -0.25) is 4.79 Å². The average Bonchev–Trinajstić information content (AvgIpc) is 2.34. The van der Waals surface area contributed by atoms with Gasteiger partial charge in [0.2, 0.25) is 0 Å². The molecule has 0 saturated carbocycles. The molecule has 0 aliphatic heterocycles. The number of hydrogen-bond acceptors (Lipinski definition) is 3. The highest BCUT2D eigenvalue weighted by molar-refractivity contribution is 5.94. The molecular weight excluding hydrogens is 214 g/mol. The molecule has 0 heterocycles. The molecule has 0 amide bonds. The number of carbonyl (C=O) groups is 1. The summed E-state index contributed by atoms with van der Waals surface area (Å²) >= 11 is 0. The van der Waals surface area contributed by atoms with Gasteiger partial charge in [0.1, 0.15) is 0 Å². The monoisotopic (exact) mass is 235 g/mol. The maximum atomic E-state index is 11.1. The van der Waals surface area contributed by atoms with Crippen LogP contribution in [0.5, 0.6) is 0 Å². The van der Waals surface area contributed by atoms with E-state index in [9.17, 15) is 4.79 Å². The van der Waals surface area contributed by atoms with Crippen LogP contribution in [0.4, 0.5) is 5.69 Å². The number of benzene rings is 1. The van der Waals surface area contributed by atoms with Crippen molar-refractivity contribution in [2.45, 2.75) is 26.7 Å². The maximum absolute atomic E-state index is 11.1. The van der Waals surface area contributed by atoms with Crippen LogP contribution in [0.2, 0.25) is 0 Å². The minimum atomic E-state index is 0.101. The van der Waals surface area contributed by atoms with Gasteiger partial charge in [0.25, 0.3) is 0 Å². The van der Waals surface area contributed by atoms with Crippen molar-refractivity contribution in [3.8, 4) is 0 Å². The molecule has 0 fully saturated rings. The van der Waals surface area contributed by atoms with Crippen molar-refractivity contribution >= 4 is 11.5 Å². The van der Waals surface area contributed by atoms with Gasteiger partial charge >= 0.3 is 0 Å². The predicted molar refractivity (Wildman–Crippen MR) is 70.7 cm³/mol. The van der Waals surface area contributed by atoms with Crippen molar-refractivity contribution < 1.29 is 9.53 Å². The Balaban J connectivity index is 2.21. The van der Waals surface area contributed by atoms with Crippen LogP contribution in [-0.2, 0) is 4.74 Å². The summed E-state index contributed by atoms with van der Waals surface area (Å²) < 4.78 is 5.39. The molecule has 0 spiro atoms. The first kappa shape index (κ1) is 13.7. The van der Waals surface area contributed by atoms with Gasteiger partial charge in [-0.1, -0.05) is 6.92 Å². The molecule has 1 N–H and O–H groups in total. The smallest absolute Gasteiger partial charge is 0.159 e. The van der Waals surface area contributed by atoms with Gasteiger partial charge in [-0.25, -0.2) is 0 Å². The number of ketones is 1. The fourth-order valence-electron chi connectivity index (χ4n) is 1.48. The molecule has 0 radical (unpaired) electrons. The number of anilines is 1. The number of nitrogens with one attached hydrogen (secondary N) is 1. The van der Waals surface area contributed by atoms with Crippen LogP contribution in [0.15, 0.2) is 24.3 Å². The fourth-order valence-corrected chi connectivity index (χ4v) is 1.48. The number of carbonyl (C=O) groups excluding carboxylic acids is 1. The largest absolute Gasteiger partial charge is 0.385 e. The second-order valence-corrected chi connectivity index (χ2v) is 4.03. The van der Waals surface area contributed by atoms with Crippen LogP contribution in [0.1, 0.15) is 37.0 Å². The zero-order valence-corrected chi connectivity index (χ0v) is 10.7. The quantitative estimate of drug-likeness (QED) is 0.555. The van der Waals surface area contributed by atoms with Crippen LogP contribution in [0.25, 0.3) is 0 Å². The molecule has 0 aromatic heterocycles. The van der Waals surface area contributed by atoms with Crippen LogP contribution in [0, 0.1) is 0 Å². The molecule has 17 heavy (non-hydrogen) atoms. The second kappa shape index (κ2) is 7.85. The van der Waals surface area contributed by atoms with Gasteiger partial charge in [-0.2, -0.15) is 0 Å². The zero-order chi connectivity index (χ0) is 12.5. The molecule has 0 aliphatic rings. The van der Waals surface area contributed by atoms with Gasteiger partial charge in [-0.15, -0.1) is 0 Å². The van der Waals surface area contributed by atoms with E-state index in [1.165, 1.54) is 0 Å². The predicted octanol–water partition coefficient (Wildman–Crippen LogP) is 3.12. The lowest BCUT2D eigenvalue weighted by Gasteiger charge is -2.07. The maximum Gasteiger partial charge on any atom is 0.159 e. The Morgan fingerprint density at radius 2 is 1.94 bits per heavy atom. The van der Waals surface area contributed by atoms with Crippen molar-refractivity contribution in [3.05, 3.63) is 29.8 Å². The summed E-state index contributed by atoms with van der Waals surface area (Å²) in [5, 5.41) is 3.30. The summed E-state index contributed by atoms with van der Waals surface area (Å²) in [4.78, 5) is 11.1. The van der Waals surface area contributed by atoms with Gasteiger partial charge in [0.15, 0.2) is 5.78 Å². The highest BCUT2D eigenvalue weighted by Crippen LogP contribution is 2.09. The molecule has 1 rings (SSSR count). The van der Waals surface area contributed by atoms with E-state index in [1.54, 1.807) is 6.92 Å². The highest BCUT2D eigenvalue weighted by Gasteiger charge is 1.98. The Kier molecular flexibility index (Phi) is 6.33. The Bertz CT molecular complexity index is 333. The van der Waals surface area contributed by atoms with Crippen LogP contribution >= 0.6 is 0 Å². The van der Waals surface area contributed by atoms with Crippen molar-refractivity contribution in [2.24, 2.45) is 0 Å². The van der Waals surface area contributed by atoms with Crippen molar-refractivity contribution in [1.82, 2.24) is 0 Å². The van der Waals surface area contributed by atoms with Crippen LogP contribution in [0.3, 0.4) is 0 Å². The van der Waals surface area contributed by atoms with E-state index in [0.29, 0.717) is 0 Å². The third kappa shape index (κ3) is 5.50. The van der Waals surface area contributed by atoms with E-state index in [4.69, 9.17) is 4.74 Å². The molecule has 94 valence electrons. The molecule has 3 heteroatoms. The van der Waals surface area contributed by atoms with E-state index in [0.717, 1.165) is 43.9 Å². The number of Topliss-reactive ketones (excluding diaryl/α,β-unsaturated/α-hetero) is 1. The first-order valence-electron chi connectivity index (χ1n) is 6.16. The van der Waals surface area contributed by atoms with E-state index >= 15 is 0 Å². The van der Waals surface area contributed by atoms with Crippen LogP contribution in [-0.4, -0.2) is 25.5 Å². The SMILES string of the molecule is CCCOCCCNc1ccc(C(C)=O)cc1. The van der Waals surface area contributed by atoms with E-state index in [2.05, 4.69) is 12.2 Å². The minimum absolute atomic E-state index is 0.101. The lowest BCUT2D eigenvalue weighted by molar-refractivity contribution is 0.101. The van der Waals surface area contributed by atoms with Crippen molar-refractivity contribution in [2.75, 3.05) is 25.1 Å². The minimum Gasteiger partial charge on any atom is -0.385 e. The Hall–Kier alpha value is -1.35. The van der Waals surface area contributed by atoms with Crippen molar-refractivity contribution in [3.63, 3.8) is 0 Å². The third-order valence-electron chi connectivity index (χ3n) is 2.43. The summed E-state index contributed by atoms with van der Waals surface area (Å²) in [5.74, 6) is 0.101. The van der Waals surface area contributed by atoms with Crippen LogP contribution < -0.4 is 5.32 Å². The number of ether oxygens (including phenoxy) is 1. The summed E-state index contributed by atoms with van der Waals surface area (Å²) in [6.07, 6.45) is 2.06. The molecule has 0 saturated heterocycles. The third-order valence-corrected chi connectivity index (χ3v) is 2.43. The van der Waals surface area contributed by atoms with Gasteiger partial charge in [0.05, 0.1) is 0 Å². The lowest BCUT2D eigenvalue weighted by Crippen LogP contribution is -2.06. The summed E-state index contributed by atoms with van der Waals surface area (Å²) in [6, 6.07) is 7.56. The first-order chi connectivity index (χ1) is 8.24. The Morgan fingerprint density at radius 3 is 2.53 bits per heavy atom. The standard InChI is InChI=1S/C14H21NO2/c1-3-10-17-11-4-9-15-14-7-5-13(6-8-14)12(2)16/h5-8,15H,3-4,9-11H2,1-2H3. The van der Waals surface area contributed by atoms with E-state index in [1.807, 2.05) is 24.3 Å². The molecular formula is C14H21NO2. The second-order valence-electron chi connectivity index (χ2n) is 4.03. The zero-order valence-electron chi connectivity index (χ0n) is 10.7. The number of rotatable bonds is 8. The number of hydrogen-bond donors (Lipinski definition) is 1. The average molecular weight is 235 g/mol. The Morgan fingerprint density at radius 1 is 1.24 bits per heavy atom. The van der Waals surface area contributed by atoms with Crippen molar-refractivity contribution in [1.29, 1.82) is 0 Å². The van der Waals surface area contributed by atoms with E-state index in [-0.39, 0.29) is 5.78 Å². The highest BCUT2D eigenvalue weighted by atomic mass is 16.5. The fraction of sp³-hybridized carbons (Fsp3) is 0.500. The Labute approximate surface area is 103 Å². The summed E-state index contributed by atoms with van der Waals surface area (Å²) in [6.45, 7) is 6.21. The molecule has 0 atom stereocenters. The van der Waals surface area contributed by atoms with Gasteiger partial charge < -0.3 is 10.1 Å². The van der Waals surface area contributed by atoms with Gasteiger partial charge in [-0.05, 0) is 44.0 Å². The molecule has 0 unspecified atom stereocenters.